The van der Waals surface area contributed by atoms with Crippen molar-refractivity contribution in [2.75, 3.05) is 29.5 Å². The van der Waals surface area contributed by atoms with Crippen LogP contribution in [-0.2, 0) is 4.79 Å². The SMILES string of the molecule is Nc1cc(N2CCC(CC3CC3)(C(=O)O)CC2)nc(N)n1. The molecule has 1 aromatic heterocycles. The Kier molecular flexibility index (Phi) is 3.35. The van der Waals surface area contributed by atoms with Crippen molar-refractivity contribution in [3.8, 4) is 0 Å². The van der Waals surface area contributed by atoms with Crippen LogP contribution in [0.25, 0.3) is 0 Å². The average Bonchev–Trinajstić information content (AvgIpc) is 3.22. The van der Waals surface area contributed by atoms with Crippen molar-refractivity contribution in [1.82, 2.24) is 9.97 Å². The Morgan fingerprint density at radius 1 is 1.33 bits per heavy atom. The third-order valence-electron chi connectivity index (χ3n) is 4.62. The van der Waals surface area contributed by atoms with Gasteiger partial charge in [-0.05, 0) is 25.2 Å². The molecular formula is C14H21N5O2. The number of nitrogens with two attached hydrogens (primary N) is 2. The minimum Gasteiger partial charge on any atom is -0.481 e. The van der Waals surface area contributed by atoms with E-state index < -0.39 is 11.4 Å². The minimum absolute atomic E-state index is 0.151. The maximum absolute atomic E-state index is 11.7. The van der Waals surface area contributed by atoms with E-state index in [1.54, 1.807) is 6.07 Å². The Morgan fingerprint density at radius 2 is 2.00 bits per heavy atom. The molecule has 21 heavy (non-hydrogen) atoms. The average molecular weight is 291 g/mol. The molecule has 0 aromatic carbocycles. The van der Waals surface area contributed by atoms with Crippen LogP contribution in [0.3, 0.4) is 0 Å². The van der Waals surface area contributed by atoms with Crippen LogP contribution < -0.4 is 16.4 Å². The molecule has 1 aromatic rings. The van der Waals surface area contributed by atoms with Gasteiger partial charge in [-0.2, -0.15) is 9.97 Å². The summed E-state index contributed by atoms with van der Waals surface area (Å²) in [4.78, 5) is 21.8. The number of aliphatic carboxylic acids is 1. The van der Waals surface area contributed by atoms with Crippen molar-refractivity contribution in [3.05, 3.63) is 6.07 Å². The molecule has 1 saturated heterocycles. The van der Waals surface area contributed by atoms with Crippen molar-refractivity contribution < 1.29 is 9.90 Å². The van der Waals surface area contributed by atoms with Crippen LogP contribution in [0.2, 0.25) is 0 Å². The standard InChI is InChI=1S/C14H21N5O2/c15-10-7-11(18-13(16)17-10)19-5-3-14(4-6-19,12(20)21)8-9-1-2-9/h7,9H,1-6,8H2,(H,20,21)(H4,15,16,17,18). The van der Waals surface area contributed by atoms with E-state index in [0.29, 0.717) is 43.5 Å². The maximum Gasteiger partial charge on any atom is 0.309 e. The number of piperidine rings is 1. The highest BCUT2D eigenvalue weighted by Gasteiger charge is 2.45. The Labute approximate surface area is 123 Å². The summed E-state index contributed by atoms with van der Waals surface area (Å²) in [6.45, 7) is 1.32. The second-order valence-electron chi connectivity index (χ2n) is 6.23. The lowest BCUT2D eigenvalue weighted by atomic mass is 9.74. The van der Waals surface area contributed by atoms with Gasteiger partial charge in [-0.3, -0.25) is 4.79 Å². The maximum atomic E-state index is 11.7. The molecule has 0 spiro atoms. The van der Waals surface area contributed by atoms with Crippen molar-refractivity contribution >= 4 is 23.6 Å². The van der Waals surface area contributed by atoms with E-state index in [2.05, 4.69) is 9.97 Å². The molecule has 2 heterocycles. The zero-order valence-electron chi connectivity index (χ0n) is 12.0. The number of carboxylic acids is 1. The van der Waals surface area contributed by atoms with E-state index >= 15 is 0 Å². The third-order valence-corrected chi connectivity index (χ3v) is 4.62. The summed E-state index contributed by atoms with van der Waals surface area (Å²) in [6, 6.07) is 1.69. The van der Waals surface area contributed by atoms with Crippen molar-refractivity contribution in [3.63, 3.8) is 0 Å². The van der Waals surface area contributed by atoms with Gasteiger partial charge in [0, 0.05) is 19.2 Å². The predicted molar refractivity (Wildman–Crippen MR) is 79.7 cm³/mol. The topological polar surface area (TPSA) is 118 Å². The second-order valence-corrected chi connectivity index (χ2v) is 6.23. The second kappa shape index (κ2) is 5.05. The molecule has 1 aliphatic carbocycles. The first-order valence-electron chi connectivity index (χ1n) is 7.37. The van der Waals surface area contributed by atoms with Crippen molar-refractivity contribution in [1.29, 1.82) is 0 Å². The predicted octanol–water partition coefficient (Wildman–Crippen LogP) is 1.11. The first-order valence-corrected chi connectivity index (χ1v) is 7.37. The van der Waals surface area contributed by atoms with Gasteiger partial charge in [0.15, 0.2) is 0 Å². The summed E-state index contributed by atoms with van der Waals surface area (Å²) >= 11 is 0. The Balaban J connectivity index is 1.72. The van der Waals surface area contributed by atoms with Gasteiger partial charge in [-0.25, -0.2) is 0 Å². The largest absolute Gasteiger partial charge is 0.481 e. The number of anilines is 3. The zero-order valence-corrected chi connectivity index (χ0v) is 12.0. The highest BCUT2D eigenvalue weighted by Crippen LogP contribution is 2.46. The number of hydrogen-bond acceptors (Lipinski definition) is 6. The van der Waals surface area contributed by atoms with Crippen LogP contribution >= 0.6 is 0 Å². The van der Waals surface area contributed by atoms with E-state index in [-0.39, 0.29) is 5.95 Å². The molecule has 0 bridgehead atoms. The summed E-state index contributed by atoms with van der Waals surface area (Å²) in [5.41, 5.74) is 10.7. The molecule has 2 aliphatic rings. The van der Waals surface area contributed by atoms with Gasteiger partial charge in [0.1, 0.15) is 11.6 Å². The fourth-order valence-corrected chi connectivity index (χ4v) is 3.18. The lowest BCUT2D eigenvalue weighted by molar-refractivity contribution is -0.151. The molecule has 5 N–H and O–H groups in total. The summed E-state index contributed by atoms with van der Waals surface area (Å²) in [5.74, 6) is 1.13. The van der Waals surface area contributed by atoms with E-state index in [1.165, 1.54) is 12.8 Å². The number of carboxylic acid groups (broad SMARTS) is 1. The number of hydrogen-bond donors (Lipinski definition) is 3. The molecular weight excluding hydrogens is 270 g/mol. The van der Waals surface area contributed by atoms with Crippen LogP contribution in [0.5, 0.6) is 0 Å². The molecule has 114 valence electrons. The van der Waals surface area contributed by atoms with Gasteiger partial charge in [0.2, 0.25) is 5.95 Å². The van der Waals surface area contributed by atoms with Gasteiger partial charge in [0.25, 0.3) is 0 Å². The lowest BCUT2D eigenvalue weighted by Crippen LogP contribution is -2.45. The smallest absolute Gasteiger partial charge is 0.309 e. The fourth-order valence-electron chi connectivity index (χ4n) is 3.18. The van der Waals surface area contributed by atoms with Crippen LogP contribution in [0.4, 0.5) is 17.6 Å². The Bertz CT molecular complexity index is 530. The van der Waals surface area contributed by atoms with Gasteiger partial charge >= 0.3 is 5.97 Å². The van der Waals surface area contributed by atoms with E-state index in [9.17, 15) is 9.90 Å². The Hall–Kier alpha value is -2.05. The fraction of sp³-hybridized carbons (Fsp3) is 0.643. The zero-order chi connectivity index (χ0) is 15.0. The summed E-state index contributed by atoms with van der Waals surface area (Å²) in [5, 5.41) is 9.63. The Morgan fingerprint density at radius 3 is 2.52 bits per heavy atom. The van der Waals surface area contributed by atoms with E-state index in [4.69, 9.17) is 11.5 Å². The molecule has 7 nitrogen and oxygen atoms in total. The monoisotopic (exact) mass is 291 g/mol. The minimum atomic E-state index is -0.657. The first kappa shape index (κ1) is 13.9. The van der Waals surface area contributed by atoms with Crippen molar-refractivity contribution in [2.24, 2.45) is 11.3 Å². The normalized spacial score (nSPS) is 21.2. The molecule has 1 aliphatic heterocycles. The highest BCUT2D eigenvalue weighted by molar-refractivity contribution is 5.75. The summed E-state index contributed by atoms with van der Waals surface area (Å²) in [6.07, 6.45) is 4.45. The third kappa shape index (κ3) is 2.86. The molecule has 0 atom stereocenters. The van der Waals surface area contributed by atoms with Gasteiger partial charge in [-0.1, -0.05) is 12.8 Å². The first-order chi connectivity index (χ1) is 9.98. The lowest BCUT2D eigenvalue weighted by Gasteiger charge is -2.39. The molecule has 7 heteroatoms. The van der Waals surface area contributed by atoms with Crippen LogP contribution in [-0.4, -0.2) is 34.1 Å². The molecule has 3 rings (SSSR count). The molecule has 2 fully saturated rings. The summed E-state index contributed by atoms with van der Waals surface area (Å²) < 4.78 is 0. The van der Waals surface area contributed by atoms with E-state index in [1.807, 2.05) is 4.90 Å². The van der Waals surface area contributed by atoms with E-state index in [0.717, 1.165) is 6.42 Å². The molecule has 0 unspecified atom stereocenters. The molecule has 0 radical (unpaired) electrons. The highest BCUT2D eigenvalue weighted by atomic mass is 16.4. The quantitative estimate of drug-likeness (QED) is 0.760. The van der Waals surface area contributed by atoms with Crippen molar-refractivity contribution in [2.45, 2.75) is 32.1 Å². The van der Waals surface area contributed by atoms with Gasteiger partial charge < -0.3 is 21.5 Å². The molecule has 0 amide bonds. The number of nitrogens with zero attached hydrogens (tertiary/aromatic N) is 3. The number of rotatable bonds is 4. The van der Waals surface area contributed by atoms with Crippen LogP contribution in [0, 0.1) is 11.3 Å². The van der Waals surface area contributed by atoms with Gasteiger partial charge in [0.05, 0.1) is 5.41 Å². The number of carbonyl (C=O) groups is 1. The summed E-state index contributed by atoms with van der Waals surface area (Å²) in [7, 11) is 0. The van der Waals surface area contributed by atoms with Crippen LogP contribution in [0.15, 0.2) is 6.07 Å². The number of nitrogen functional groups attached to an aromatic ring is 2. The number of aromatic nitrogens is 2. The van der Waals surface area contributed by atoms with Crippen LogP contribution in [0.1, 0.15) is 32.1 Å². The van der Waals surface area contributed by atoms with Gasteiger partial charge in [-0.15, -0.1) is 0 Å². The molecule has 1 saturated carbocycles.